The molecule has 1 N–H and O–H groups in total. The minimum absolute atomic E-state index is 0.179. The first-order chi connectivity index (χ1) is 9.79. The highest BCUT2D eigenvalue weighted by Gasteiger charge is 2.44. The van der Waals surface area contributed by atoms with E-state index in [1.807, 2.05) is 18.2 Å². The van der Waals surface area contributed by atoms with Gasteiger partial charge in [0.1, 0.15) is 11.4 Å². The molecule has 0 radical (unpaired) electrons. The van der Waals surface area contributed by atoms with Gasteiger partial charge in [-0.1, -0.05) is 32.4 Å². The Hall–Kier alpha value is -0.730. The minimum Gasteiger partial charge on any atom is -0.487 e. The number of ether oxygens (including phenoxy) is 1. The lowest BCUT2D eigenvalue weighted by atomic mass is 9.66. The molecule has 1 saturated carbocycles. The molecule has 0 bridgehead atoms. The van der Waals surface area contributed by atoms with Gasteiger partial charge in [0.25, 0.3) is 0 Å². The number of fused-ring (bicyclic) bond motifs is 1. The summed E-state index contributed by atoms with van der Waals surface area (Å²) in [4.78, 5) is 0. The summed E-state index contributed by atoms with van der Waals surface area (Å²) in [5, 5.41) is 11.1. The number of halogens is 1. The normalized spacial score (nSPS) is 32.6. The summed E-state index contributed by atoms with van der Waals surface area (Å²) in [5.74, 6) is 1.56. The van der Waals surface area contributed by atoms with E-state index in [1.165, 1.54) is 12.8 Å². The molecule has 1 aromatic rings. The third kappa shape index (κ3) is 2.93. The maximum absolute atomic E-state index is 10.5. The summed E-state index contributed by atoms with van der Waals surface area (Å²) < 4.78 is 6.33. The van der Waals surface area contributed by atoms with Crippen molar-refractivity contribution in [3.8, 4) is 5.75 Å². The largest absolute Gasteiger partial charge is 0.487 e. The first-order valence-electron chi connectivity index (χ1n) is 7.96. The Bertz CT molecular complexity index is 525. The van der Waals surface area contributed by atoms with Crippen molar-refractivity contribution in [1.29, 1.82) is 0 Å². The highest BCUT2D eigenvalue weighted by Crippen LogP contribution is 2.50. The lowest BCUT2D eigenvalue weighted by Crippen LogP contribution is -2.45. The van der Waals surface area contributed by atoms with Gasteiger partial charge in [0.2, 0.25) is 0 Å². The van der Waals surface area contributed by atoms with Crippen LogP contribution in [0.15, 0.2) is 18.2 Å². The average molecular weight is 309 g/mol. The quantitative estimate of drug-likeness (QED) is 0.720. The molecule has 1 aliphatic heterocycles. The van der Waals surface area contributed by atoms with Gasteiger partial charge in [-0.05, 0) is 55.2 Å². The first-order valence-corrected chi connectivity index (χ1v) is 8.33. The predicted molar refractivity (Wildman–Crippen MR) is 85.8 cm³/mol. The van der Waals surface area contributed by atoms with Crippen molar-refractivity contribution >= 4 is 11.6 Å². The van der Waals surface area contributed by atoms with E-state index in [0.29, 0.717) is 16.9 Å². The number of benzene rings is 1. The zero-order chi connectivity index (χ0) is 15.3. The van der Waals surface area contributed by atoms with E-state index in [1.54, 1.807) is 0 Å². The van der Waals surface area contributed by atoms with Gasteiger partial charge in [-0.2, -0.15) is 0 Å². The molecule has 1 aromatic carbocycles. The molecule has 2 aliphatic rings. The molecule has 1 aliphatic carbocycles. The molecular weight excluding hydrogens is 284 g/mol. The molecular formula is C18H25ClO2. The van der Waals surface area contributed by atoms with Crippen molar-refractivity contribution in [3.05, 3.63) is 28.8 Å². The van der Waals surface area contributed by atoms with Crippen LogP contribution in [0, 0.1) is 11.3 Å². The van der Waals surface area contributed by atoms with E-state index in [2.05, 4.69) is 20.8 Å². The lowest BCUT2D eigenvalue weighted by molar-refractivity contribution is -0.0563. The molecule has 116 valence electrons. The van der Waals surface area contributed by atoms with Crippen molar-refractivity contribution in [2.45, 2.75) is 64.6 Å². The maximum atomic E-state index is 10.5. The van der Waals surface area contributed by atoms with Gasteiger partial charge in [-0.25, -0.2) is 0 Å². The molecule has 1 fully saturated rings. The summed E-state index contributed by atoms with van der Waals surface area (Å²) in [6, 6.07) is 5.57. The predicted octanol–water partition coefficient (Wildman–Crippen LogP) is 5.13. The van der Waals surface area contributed by atoms with Gasteiger partial charge in [0.15, 0.2) is 0 Å². The van der Waals surface area contributed by atoms with Gasteiger partial charge >= 0.3 is 0 Å². The second-order valence-electron chi connectivity index (χ2n) is 7.83. The van der Waals surface area contributed by atoms with E-state index in [0.717, 1.165) is 30.1 Å². The summed E-state index contributed by atoms with van der Waals surface area (Å²) >= 11 is 6.02. The summed E-state index contributed by atoms with van der Waals surface area (Å²) in [7, 11) is 0. The Kier molecular flexibility index (Phi) is 3.74. The van der Waals surface area contributed by atoms with Crippen molar-refractivity contribution < 1.29 is 9.84 Å². The Balaban J connectivity index is 1.79. The number of aliphatic hydroxyl groups is 1. The molecule has 3 rings (SSSR count). The molecule has 21 heavy (non-hydrogen) atoms. The summed E-state index contributed by atoms with van der Waals surface area (Å²) in [5.41, 5.74) is 1.02. The Morgan fingerprint density at radius 1 is 1.24 bits per heavy atom. The SMILES string of the molecule is CC(C)(C)C1CCC2(CC1)C[C@H](O)c1cc(Cl)ccc1O2. The van der Waals surface area contributed by atoms with Gasteiger partial charge in [0, 0.05) is 17.0 Å². The molecule has 1 atom stereocenters. The molecule has 0 aromatic heterocycles. The minimum atomic E-state index is -0.460. The molecule has 0 unspecified atom stereocenters. The van der Waals surface area contributed by atoms with Crippen molar-refractivity contribution in [2.75, 3.05) is 0 Å². The molecule has 3 heteroatoms. The highest BCUT2D eigenvalue weighted by atomic mass is 35.5. The van der Waals surface area contributed by atoms with Crippen LogP contribution in [0.25, 0.3) is 0 Å². The van der Waals surface area contributed by atoms with E-state index >= 15 is 0 Å². The third-order valence-corrected chi connectivity index (χ3v) is 5.58. The van der Waals surface area contributed by atoms with Crippen molar-refractivity contribution in [3.63, 3.8) is 0 Å². The fraction of sp³-hybridized carbons (Fsp3) is 0.667. The number of rotatable bonds is 0. The average Bonchev–Trinajstić information content (AvgIpc) is 2.39. The van der Waals surface area contributed by atoms with Crippen LogP contribution in [-0.4, -0.2) is 10.7 Å². The zero-order valence-corrected chi connectivity index (χ0v) is 13.9. The zero-order valence-electron chi connectivity index (χ0n) is 13.2. The fourth-order valence-electron chi connectivity index (χ4n) is 3.93. The fourth-order valence-corrected chi connectivity index (χ4v) is 4.11. The van der Waals surface area contributed by atoms with Crippen LogP contribution in [0.4, 0.5) is 0 Å². The molecule has 0 amide bonds. The molecule has 1 spiro atoms. The van der Waals surface area contributed by atoms with E-state index < -0.39 is 6.10 Å². The smallest absolute Gasteiger partial charge is 0.126 e. The summed E-state index contributed by atoms with van der Waals surface area (Å²) in [6.45, 7) is 6.97. The number of hydrogen-bond acceptors (Lipinski definition) is 2. The third-order valence-electron chi connectivity index (χ3n) is 5.34. The second-order valence-corrected chi connectivity index (χ2v) is 8.26. The van der Waals surface area contributed by atoms with Crippen molar-refractivity contribution in [2.24, 2.45) is 11.3 Å². The number of hydrogen-bond donors (Lipinski definition) is 1. The standard InChI is InChI=1S/C18H25ClO2/c1-17(2,3)12-6-8-18(9-7-12)11-15(20)14-10-13(19)4-5-16(14)21-18/h4-5,10,12,15,20H,6-9,11H2,1-3H3/t12?,15-,18?/m0/s1. The first kappa shape index (κ1) is 15.2. The molecule has 0 saturated heterocycles. The Morgan fingerprint density at radius 2 is 1.90 bits per heavy atom. The topological polar surface area (TPSA) is 29.5 Å². The van der Waals surface area contributed by atoms with Gasteiger partial charge in [-0.15, -0.1) is 0 Å². The van der Waals surface area contributed by atoms with Gasteiger partial charge in [-0.3, -0.25) is 0 Å². The monoisotopic (exact) mass is 308 g/mol. The van der Waals surface area contributed by atoms with E-state index in [9.17, 15) is 5.11 Å². The lowest BCUT2D eigenvalue weighted by Gasteiger charge is -2.47. The molecule has 1 heterocycles. The van der Waals surface area contributed by atoms with Crippen LogP contribution >= 0.6 is 11.6 Å². The van der Waals surface area contributed by atoms with Crippen LogP contribution < -0.4 is 4.74 Å². The highest BCUT2D eigenvalue weighted by molar-refractivity contribution is 6.30. The van der Waals surface area contributed by atoms with Crippen LogP contribution in [0.3, 0.4) is 0 Å². The van der Waals surface area contributed by atoms with Crippen LogP contribution in [-0.2, 0) is 0 Å². The molecule has 2 nitrogen and oxygen atoms in total. The van der Waals surface area contributed by atoms with Crippen LogP contribution in [0.1, 0.15) is 64.5 Å². The Labute approximate surface area is 132 Å². The number of aliphatic hydroxyl groups excluding tert-OH is 1. The Morgan fingerprint density at radius 3 is 2.52 bits per heavy atom. The van der Waals surface area contributed by atoms with Gasteiger partial charge in [0.05, 0.1) is 6.10 Å². The van der Waals surface area contributed by atoms with E-state index in [4.69, 9.17) is 16.3 Å². The van der Waals surface area contributed by atoms with E-state index in [-0.39, 0.29) is 5.60 Å². The van der Waals surface area contributed by atoms with Gasteiger partial charge < -0.3 is 9.84 Å². The van der Waals surface area contributed by atoms with Crippen LogP contribution in [0.5, 0.6) is 5.75 Å². The summed E-state index contributed by atoms with van der Waals surface area (Å²) in [6.07, 6.45) is 4.66. The second kappa shape index (κ2) is 5.17. The van der Waals surface area contributed by atoms with Crippen LogP contribution in [0.2, 0.25) is 5.02 Å². The maximum Gasteiger partial charge on any atom is 0.126 e. The van der Waals surface area contributed by atoms with Crippen molar-refractivity contribution in [1.82, 2.24) is 0 Å².